The maximum atomic E-state index is 12.3. The Kier molecular flexibility index (Phi) is 8.04. The quantitative estimate of drug-likeness (QED) is 0.334. The molecule has 3 aromatic rings. The molecule has 0 radical (unpaired) electrons. The van der Waals surface area contributed by atoms with Crippen LogP contribution in [0.3, 0.4) is 0 Å². The van der Waals surface area contributed by atoms with Crippen molar-refractivity contribution in [2.24, 2.45) is 0 Å². The van der Waals surface area contributed by atoms with E-state index in [-0.39, 0.29) is 23.8 Å². The normalized spacial score (nSPS) is 10.5. The van der Waals surface area contributed by atoms with Crippen molar-refractivity contribution in [1.29, 1.82) is 0 Å². The zero-order valence-electron chi connectivity index (χ0n) is 17.7. The second kappa shape index (κ2) is 11.1. The van der Waals surface area contributed by atoms with Gasteiger partial charge in [0.25, 0.3) is 0 Å². The number of ether oxygens (including phenoxy) is 1. The first kappa shape index (κ1) is 23.1. The second-order valence-corrected chi connectivity index (χ2v) is 7.75. The van der Waals surface area contributed by atoms with E-state index in [4.69, 9.17) is 9.84 Å². The molecule has 0 aliphatic heterocycles. The van der Waals surface area contributed by atoms with Crippen LogP contribution in [0.2, 0.25) is 0 Å². The molecule has 2 aromatic carbocycles. The van der Waals surface area contributed by atoms with Crippen molar-refractivity contribution in [1.82, 2.24) is 14.8 Å². The van der Waals surface area contributed by atoms with Gasteiger partial charge in [0.1, 0.15) is 12.4 Å². The molecule has 0 saturated carbocycles. The highest BCUT2D eigenvalue weighted by Gasteiger charge is 2.14. The first-order chi connectivity index (χ1) is 15.5. The van der Waals surface area contributed by atoms with E-state index in [9.17, 15) is 9.59 Å². The predicted molar refractivity (Wildman–Crippen MR) is 123 cm³/mol. The molecule has 8 nitrogen and oxygen atoms in total. The highest BCUT2D eigenvalue weighted by molar-refractivity contribution is 7.99. The van der Waals surface area contributed by atoms with Crippen molar-refractivity contribution in [2.45, 2.75) is 31.7 Å². The lowest BCUT2D eigenvalue weighted by Crippen LogP contribution is -2.15. The van der Waals surface area contributed by atoms with E-state index in [0.717, 1.165) is 12.2 Å². The fourth-order valence-corrected chi connectivity index (χ4v) is 3.64. The van der Waals surface area contributed by atoms with Gasteiger partial charge in [-0.05, 0) is 42.3 Å². The van der Waals surface area contributed by atoms with Gasteiger partial charge in [0.2, 0.25) is 5.91 Å². The number of nitrogens with zero attached hydrogens (tertiary/aromatic N) is 3. The van der Waals surface area contributed by atoms with Gasteiger partial charge in [-0.3, -0.25) is 9.36 Å². The minimum absolute atomic E-state index is 0.0892. The van der Waals surface area contributed by atoms with Crippen molar-refractivity contribution in [3.05, 3.63) is 78.1 Å². The molecule has 0 aliphatic rings. The number of carboxylic acids is 1. The maximum absolute atomic E-state index is 12.3. The third-order valence-electron chi connectivity index (χ3n) is 4.53. The summed E-state index contributed by atoms with van der Waals surface area (Å²) in [5.41, 5.74) is 1.76. The molecule has 0 saturated heterocycles. The molecule has 0 aliphatic carbocycles. The summed E-state index contributed by atoms with van der Waals surface area (Å²) in [6.45, 7) is 6.59. The number of benzene rings is 2. The summed E-state index contributed by atoms with van der Waals surface area (Å²) >= 11 is 1.23. The standard InChI is InChI=1S/C23H24N4O4S/c1-3-12-27-20(14-31-19-10-8-16(4-2)9-11-19)25-26-23(27)32-15-21(28)24-18-7-5-6-17(13-18)22(29)30/h3,5-11,13H,1,4,12,14-15H2,2H3,(H,24,28)(H,29,30). The van der Waals surface area contributed by atoms with E-state index in [1.165, 1.54) is 29.5 Å². The number of nitrogens with one attached hydrogen (secondary N) is 1. The lowest BCUT2D eigenvalue weighted by Gasteiger charge is -2.10. The molecule has 1 aromatic heterocycles. The Morgan fingerprint density at radius 1 is 1.22 bits per heavy atom. The van der Waals surface area contributed by atoms with Crippen LogP contribution in [0.4, 0.5) is 5.69 Å². The highest BCUT2D eigenvalue weighted by atomic mass is 32.2. The maximum Gasteiger partial charge on any atom is 0.335 e. The van der Waals surface area contributed by atoms with Gasteiger partial charge in [-0.25, -0.2) is 4.79 Å². The van der Waals surface area contributed by atoms with Gasteiger partial charge in [0, 0.05) is 12.2 Å². The zero-order valence-corrected chi connectivity index (χ0v) is 18.5. The first-order valence-electron chi connectivity index (χ1n) is 10.0. The monoisotopic (exact) mass is 452 g/mol. The Hall–Kier alpha value is -3.59. The van der Waals surface area contributed by atoms with Crippen LogP contribution in [0.1, 0.15) is 28.7 Å². The van der Waals surface area contributed by atoms with Crippen LogP contribution >= 0.6 is 11.8 Å². The number of thioether (sulfide) groups is 1. The van der Waals surface area contributed by atoms with E-state index >= 15 is 0 Å². The molecule has 0 atom stereocenters. The zero-order chi connectivity index (χ0) is 22.9. The number of hydrogen-bond acceptors (Lipinski definition) is 6. The van der Waals surface area contributed by atoms with Crippen molar-refractivity contribution < 1.29 is 19.4 Å². The third kappa shape index (κ3) is 6.21. The average molecular weight is 453 g/mol. The van der Waals surface area contributed by atoms with E-state index in [0.29, 0.717) is 23.2 Å². The Labute approximate surface area is 190 Å². The molecular formula is C23H24N4O4S. The molecule has 1 amide bonds. The number of carboxylic acid groups (broad SMARTS) is 1. The Morgan fingerprint density at radius 3 is 2.69 bits per heavy atom. The number of aromatic nitrogens is 3. The molecule has 0 unspecified atom stereocenters. The van der Waals surface area contributed by atoms with E-state index in [1.807, 2.05) is 28.8 Å². The molecule has 2 N–H and O–H groups in total. The summed E-state index contributed by atoms with van der Waals surface area (Å²) in [5, 5.41) is 20.7. The highest BCUT2D eigenvalue weighted by Crippen LogP contribution is 2.20. The summed E-state index contributed by atoms with van der Waals surface area (Å²) in [4.78, 5) is 23.4. The molecule has 32 heavy (non-hydrogen) atoms. The van der Waals surface area contributed by atoms with Crippen LogP contribution in [0, 0.1) is 0 Å². The summed E-state index contributed by atoms with van der Waals surface area (Å²) in [5.74, 6) is 0.129. The fraction of sp³-hybridized carbons (Fsp3) is 0.217. The number of carbonyl (C=O) groups is 2. The third-order valence-corrected chi connectivity index (χ3v) is 5.50. The van der Waals surface area contributed by atoms with Crippen molar-refractivity contribution in [3.63, 3.8) is 0 Å². The number of amides is 1. The molecular weight excluding hydrogens is 428 g/mol. The predicted octanol–water partition coefficient (Wildman–Crippen LogP) is 4.03. The topological polar surface area (TPSA) is 106 Å². The van der Waals surface area contributed by atoms with Crippen molar-refractivity contribution in [2.75, 3.05) is 11.1 Å². The van der Waals surface area contributed by atoms with Gasteiger partial charge in [-0.1, -0.05) is 43.0 Å². The number of hydrogen-bond donors (Lipinski definition) is 2. The number of allylic oxidation sites excluding steroid dienone is 1. The smallest absolute Gasteiger partial charge is 0.335 e. The number of anilines is 1. The van der Waals surface area contributed by atoms with E-state index in [2.05, 4.69) is 29.0 Å². The molecule has 0 fully saturated rings. The minimum Gasteiger partial charge on any atom is -0.486 e. The van der Waals surface area contributed by atoms with Gasteiger partial charge in [-0.2, -0.15) is 0 Å². The molecule has 3 rings (SSSR count). The van der Waals surface area contributed by atoms with Gasteiger partial charge < -0.3 is 15.2 Å². The molecule has 166 valence electrons. The summed E-state index contributed by atoms with van der Waals surface area (Å²) in [7, 11) is 0. The van der Waals surface area contributed by atoms with Crippen LogP contribution < -0.4 is 10.1 Å². The number of aromatic carboxylic acids is 1. The van der Waals surface area contributed by atoms with Crippen LogP contribution in [0.15, 0.2) is 66.3 Å². The molecule has 9 heteroatoms. The van der Waals surface area contributed by atoms with E-state index < -0.39 is 5.97 Å². The van der Waals surface area contributed by atoms with Gasteiger partial charge in [-0.15, -0.1) is 16.8 Å². The van der Waals surface area contributed by atoms with Gasteiger partial charge >= 0.3 is 5.97 Å². The van der Waals surface area contributed by atoms with E-state index in [1.54, 1.807) is 18.2 Å². The lowest BCUT2D eigenvalue weighted by atomic mass is 10.2. The van der Waals surface area contributed by atoms with Crippen LogP contribution in [-0.4, -0.2) is 37.5 Å². The van der Waals surface area contributed by atoms with Crippen molar-refractivity contribution in [3.8, 4) is 5.75 Å². The number of carbonyl (C=O) groups excluding carboxylic acids is 1. The number of rotatable bonds is 11. The SMILES string of the molecule is C=CCn1c(COc2ccc(CC)cc2)nnc1SCC(=O)Nc1cccc(C(=O)O)c1. The average Bonchev–Trinajstić information content (AvgIpc) is 3.18. The first-order valence-corrected chi connectivity index (χ1v) is 11.0. The molecule has 0 bridgehead atoms. The molecule has 0 spiro atoms. The summed E-state index contributed by atoms with van der Waals surface area (Å²) in [6.07, 6.45) is 2.69. The molecule has 1 heterocycles. The van der Waals surface area contributed by atoms with Crippen LogP contribution in [-0.2, 0) is 24.4 Å². The largest absolute Gasteiger partial charge is 0.486 e. The minimum atomic E-state index is -1.05. The summed E-state index contributed by atoms with van der Waals surface area (Å²) < 4.78 is 7.68. The van der Waals surface area contributed by atoms with Crippen LogP contribution in [0.25, 0.3) is 0 Å². The fourth-order valence-electron chi connectivity index (χ4n) is 2.87. The summed E-state index contributed by atoms with van der Waals surface area (Å²) in [6, 6.07) is 14.0. The Bertz CT molecular complexity index is 1100. The van der Waals surface area contributed by atoms with Gasteiger partial charge in [0.15, 0.2) is 11.0 Å². The Balaban J connectivity index is 1.60. The van der Waals surface area contributed by atoms with Crippen molar-refractivity contribution >= 4 is 29.3 Å². The second-order valence-electron chi connectivity index (χ2n) is 6.81. The van der Waals surface area contributed by atoms with Gasteiger partial charge in [0.05, 0.1) is 11.3 Å². The Morgan fingerprint density at radius 2 is 2.00 bits per heavy atom. The lowest BCUT2D eigenvalue weighted by molar-refractivity contribution is -0.113. The van der Waals surface area contributed by atoms with Crippen LogP contribution in [0.5, 0.6) is 5.75 Å². The number of aryl methyl sites for hydroxylation is 1.